The molecule has 3 N–H and O–H groups in total. The van der Waals surface area contributed by atoms with E-state index in [2.05, 4.69) is 26.1 Å². The first-order valence-corrected chi connectivity index (χ1v) is 6.06. The average molecular weight is 249 g/mol. The van der Waals surface area contributed by atoms with Crippen molar-refractivity contribution in [3.05, 3.63) is 0 Å². The van der Waals surface area contributed by atoms with E-state index in [4.69, 9.17) is 5.73 Å². The quantitative estimate of drug-likeness (QED) is 0.804. The molecule has 0 saturated heterocycles. The van der Waals surface area contributed by atoms with E-state index in [-0.39, 0.29) is 36.3 Å². The summed E-state index contributed by atoms with van der Waals surface area (Å²) in [6, 6.07) is 0.486. The summed E-state index contributed by atoms with van der Waals surface area (Å²) in [5.74, 6) is 0.840. The molecule has 3 unspecified atom stereocenters. The van der Waals surface area contributed by atoms with Crippen molar-refractivity contribution in [2.45, 2.75) is 58.5 Å². The van der Waals surface area contributed by atoms with Crippen LogP contribution < -0.4 is 11.1 Å². The molecule has 0 bridgehead atoms. The maximum atomic E-state index is 11.9. The minimum Gasteiger partial charge on any atom is -0.353 e. The Balaban J connectivity index is 0.00000225. The number of amides is 1. The zero-order chi connectivity index (χ0) is 11.4. The molecule has 1 aliphatic rings. The molecule has 3 nitrogen and oxygen atoms in total. The van der Waals surface area contributed by atoms with Crippen LogP contribution in [-0.2, 0) is 4.79 Å². The summed E-state index contributed by atoms with van der Waals surface area (Å²) in [5.41, 5.74) is 5.87. The molecule has 4 heteroatoms. The third kappa shape index (κ3) is 4.71. The topological polar surface area (TPSA) is 55.1 Å². The van der Waals surface area contributed by atoms with Crippen LogP contribution in [0.5, 0.6) is 0 Å². The van der Waals surface area contributed by atoms with Gasteiger partial charge in [0.15, 0.2) is 0 Å². The van der Waals surface area contributed by atoms with Gasteiger partial charge in [-0.1, -0.05) is 20.3 Å². The molecule has 1 saturated carbocycles. The zero-order valence-electron chi connectivity index (χ0n) is 10.5. The zero-order valence-corrected chi connectivity index (χ0v) is 11.3. The van der Waals surface area contributed by atoms with Crippen LogP contribution in [0, 0.1) is 11.8 Å². The molecule has 0 spiro atoms. The van der Waals surface area contributed by atoms with Crippen molar-refractivity contribution in [1.29, 1.82) is 0 Å². The Hall–Kier alpha value is -0.280. The number of nitrogens with two attached hydrogens (primary N) is 1. The van der Waals surface area contributed by atoms with Gasteiger partial charge >= 0.3 is 0 Å². The third-order valence-corrected chi connectivity index (χ3v) is 3.46. The number of carbonyl (C=O) groups is 1. The molecule has 0 aromatic rings. The first kappa shape index (κ1) is 15.7. The van der Waals surface area contributed by atoms with E-state index in [0.29, 0.717) is 5.92 Å². The molecule has 0 radical (unpaired) electrons. The van der Waals surface area contributed by atoms with Gasteiger partial charge in [-0.15, -0.1) is 12.4 Å². The lowest BCUT2D eigenvalue weighted by molar-refractivity contribution is -0.127. The van der Waals surface area contributed by atoms with E-state index in [1.54, 1.807) is 0 Å². The highest BCUT2D eigenvalue weighted by atomic mass is 35.5. The van der Waals surface area contributed by atoms with Crippen molar-refractivity contribution in [2.75, 3.05) is 0 Å². The predicted octanol–water partition coefficient (Wildman–Crippen LogP) is 2.09. The number of nitrogens with one attached hydrogen (secondary N) is 1. The number of hydrogen-bond donors (Lipinski definition) is 2. The summed E-state index contributed by atoms with van der Waals surface area (Å²) in [4.78, 5) is 11.9. The van der Waals surface area contributed by atoms with Crippen LogP contribution in [0.25, 0.3) is 0 Å². The van der Waals surface area contributed by atoms with Crippen molar-refractivity contribution < 1.29 is 4.79 Å². The summed E-state index contributed by atoms with van der Waals surface area (Å²) < 4.78 is 0. The molecule has 1 aliphatic carbocycles. The monoisotopic (exact) mass is 248 g/mol. The second-order valence-electron chi connectivity index (χ2n) is 5.16. The molecule has 0 aromatic heterocycles. The Morgan fingerprint density at radius 2 is 1.94 bits per heavy atom. The Kier molecular flexibility index (Phi) is 7.00. The van der Waals surface area contributed by atoms with E-state index in [9.17, 15) is 4.79 Å². The summed E-state index contributed by atoms with van der Waals surface area (Å²) in [6.07, 6.45) is 4.03. The lowest BCUT2D eigenvalue weighted by atomic mass is 9.85. The molecule has 1 rings (SSSR count). The molecular weight excluding hydrogens is 224 g/mol. The van der Waals surface area contributed by atoms with Crippen LogP contribution in [-0.4, -0.2) is 18.0 Å². The molecule has 0 heterocycles. The SMILES string of the molecule is CC(C)C(C)NC(=O)C1CCCC(N)C1.Cl. The lowest BCUT2D eigenvalue weighted by Gasteiger charge is -2.27. The average Bonchev–Trinajstić information content (AvgIpc) is 2.17. The van der Waals surface area contributed by atoms with Gasteiger partial charge in [-0.3, -0.25) is 4.79 Å². The van der Waals surface area contributed by atoms with Gasteiger partial charge in [0.2, 0.25) is 5.91 Å². The smallest absolute Gasteiger partial charge is 0.223 e. The molecule has 16 heavy (non-hydrogen) atoms. The van der Waals surface area contributed by atoms with Gasteiger partial charge in [-0.25, -0.2) is 0 Å². The van der Waals surface area contributed by atoms with Gasteiger partial charge < -0.3 is 11.1 Å². The summed E-state index contributed by atoms with van der Waals surface area (Å²) in [7, 11) is 0. The number of rotatable bonds is 3. The molecule has 1 fully saturated rings. The van der Waals surface area contributed by atoms with Crippen molar-refractivity contribution in [3.63, 3.8) is 0 Å². The normalized spacial score (nSPS) is 27.1. The van der Waals surface area contributed by atoms with E-state index in [1.807, 2.05) is 0 Å². The van der Waals surface area contributed by atoms with Crippen LogP contribution >= 0.6 is 12.4 Å². The molecule has 1 amide bonds. The van der Waals surface area contributed by atoms with Gasteiger partial charge in [0.1, 0.15) is 0 Å². The van der Waals surface area contributed by atoms with Gasteiger partial charge in [0.05, 0.1) is 0 Å². The van der Waals surface area contributed by atoms with Gasteiger partial charge in [0.25, 0.3) is 0 Å². The Labute approximate surface area is 105 Å². The Morgan fingerprint density at radius 3 is 2.44 bits per heavy atom. The summed E-state index contributed by atoms with van der Waals surface area (Å²) in [5, 5.41) is 3.08. The van der Waals surface area contributed by atoms with Crippen LogP contribution in [0.3, 0.4) is 0 Å². The van der Waals surface area contributed by atoms with E-state index in [0.717, 1.165) is 25.7 Å². The highest BCUT2D eigenvalue weighted by Gasteiger charge is 2.26. The predicted molar refractivity (Wildman–Crippen MR) is 69.6 cm³/mol. The van der Waals surface area contributed by atoms with Crippen LogP contribution in [0.4, 0.5) is 0 Å². The first-order chi connectivity index (χ1) is 7.00. The molecular formula is C12H25ClN2O. The van der Waals surface area contributed by atoms with Crippen LogP contribution in [0.15, 0.2) is 0 Å². The van der Waals surface area contributed by atoms with Crippen molar-refractivity contribution in [2.24, 2.45) is 17.6 Å². The fraction of sp³-hybridized carbons (Fsp3) is 0.917. The first-order valence-electron chi connectivity index (χ1n) is 6.06. The maximum Gasteiger partial charge on any atom is 0.223 e. The minimum absolute atomic E-state index is 0. The number of halogens is 1. The largest absolute Gasteiger partial charge is 0.353 e. The van der Waals surface area contributed by atoms with E-state index in [1.165, 1.54) is 0 Å². The number of carbonyl (C=O) groups excluding carboxylic acids is 1. The number of hydrogen-bond acceptors (Lipinski definition) is 2. The molecule has 96 valence electrons. The summed E-state index contributed by atoms with van der Waals surface area (Å²) in [6.45, 7) is 6.31. The standard InChI is InChI=1S/C12H24N2O.ClH/c1-8(2)9(3)14-12(15)10-5-4-6-11(13)7-10;/h8-11H,4-7,13H2,1-3H3,(H,14,15);1H. The Morgan fingerprint density at radius 1 is 1.31 bits per heavy atom. The van der Waals surface area contributed by atoms with Gasteiger partial charge in [-0.2, -0.15) is 0 Å². The Bertz CT molecular complexity index is 221. The fourth-order valence-electron chi connectivity index (χ4n) is 1.97. The van der Waals surface area contributed by atoms with Crippen molar-refractivity contribution in [1.82, 2.24) is 5.32 Å². The summed E-state index contributed by atoms with van der Waals surface area (Å²) >= 11 is 0. The van der Waals surface area contributed by atoms with Crippen LogP contribution in [0.1, 0.15) is 46.5 Å². The van der Waals surface area contributed by atoms with E-state index >= 15 is 0 Å². The second-order valence-corrected chi connectivity index (χ2v) is 5.16. The molecule has 0 aliphatic heterocycles. The van der Waals surface area contributed by atoms with Gasteiger partial charge in [-0.05, 0) is 32.1 Å². The molecule has 0 aromatic carbocycles. The second kappa shape index (κ2) is 7.13. The van der Waals surface area contributed by atoms with E-state index < -0.39 is 0 Å². The van der Waals surface area contributed by atoms with Crippen LogP contribution in [0.2, 0.25) is 0 Å². The third-order valence-electron chi connectivity index (χ3n) is 3.46. The fourth-order valence-corrected chi connectivity index (χ4v) is 1.97. The highest BCUT2D eigenvalue weighted by Crippen LogP contribution is 2.23. The van der Waals surface area contributed by atoms with Crippen molar-refractivity contribution in [3.8, 4) is 0 Å². The minimum atomic E-state index is 0. The van der Waals surface area contributed by atoms with Gasteiger partial charge in [0, 0.05) is 18.0 Å². The maximum absolute atomic E-state index is 11.9. The van der Waals surface area contributed by atoms with Crippen molar-refractivity contribution >= 4 is 18.3 Å². The highest BCUT2D eigenvalue weighted by molar-refractivity contribution is 5.85. The lowest BCUT2D eigenvalue weighted by Crippen LogP contribution is -2.43. The molecule has 3 atom stereocenters.